The molecule has 0 saturated heterocycles. The quantitative estimate of drug-likeness (QED) is 0.478. The third-order valence-electron chi connectivity index (χ3n) is 0.520. The van der Waals surface area contributed by atoms with E-state index in [2.05, 4.69) is 0 Å². The fourth-order valence-corrected chi connectivity index (χ4v) is 0.443. The minimum atomic E-state index is -8.67. The summed E-state index contributed by atoms with van der Waals surface area (Å²) in [5, 5.41) is 0. The number of carbonyl (C=O) groups is 1. The van der Waals surface area contributed by atoms with Crippen molar-refractivity contribution in [1.29, 1.82) is 0 Å². The summed E-state index contributed by atoms with van der Waals surface area (Å²) in [5.74, 6) is 0. The molecule has 10 heavy (non-hydrogen) atoms. The first-order valence-corrected chi connectivity index (χ1v) is 3.63. The predicted molar refractivity (Wildman–Crippen MR) is 22.4 cm³/mol. The topological polar surface area (TPSA) is 17.1 Å². The van der Waals surface area contributed by atoms with E-state index in [0.29, 0.717) is 0 Å². The van der Waals surface area contributed by atoms with Crippen molar-refractivity contribution in [2.45, 2.75) is 6.43 Å². The number of rotatable bonds is 2. The molecule has 62 valence electrons. The molecule has 8 heteroatoms. The van der Waals surface area contributed by atoms with Crippen LogP contribution in [0.1, 0.15) is 0 Å². The Morgan fingerprint density at radius 1 is 1.10 bits per heavy atom. The van der Waals surface area contributed by atoms with Gasteiger partial charge in [0.15, 0.2) is 0 Å². The average molecular weight is 186 g/mol. The van der Waals surface area contributed by atoms with Crippen LogP contribution >= 0.6 is 7.85 Å². The van der Waals surface area contributed by atoms with Crippen molar-refractivity contribution in [2.75, 3.05) is 0 Å². The monoisotopic (exact) mass is 186 g/mol. The molecular weight excluding hydrogens is 185 g/mol. The van der Waals surface area contributed by atoms with Gasteiger partial charge in [-0.25, -0.2) is 0 Å². The molecule has 0 amide bonds. The molecule has 0 spiro atoms. The van der Waals surface area contributed by atoms with E-state index in [1.165, 1.54) is 0 Å². The molecular formula is C2HF6OP. The van der Waals surface area contributed by atoms with E-state index in [-0.39, 0.29) is 0 Å². The van der Waals surface area contributed by atoms with E-state index >= 15 is 0 Å². The van der Waals surface area contributed by atoms with Crippen molar-refractivity contribution in [2.24, 2.45) is 0 Å². The minimum absolute atomic E-state index is 3.55. The molecule has 0 aromatic carbocycles. The Hall–Kier alpha value is -0.320. The fourth-order valence-electron chi connectivity index (χ4n) is 0.148. The summed E-state index contributed by atoms with van der Waals surface area (Å²) >= 11 is 0. The second kappa shape index (κ2) is 2.08. The molecule has 0 aliphatic heterocycles. The van der Waals surface area contributed by atoms with E-state index in [9.17, 15) is 30.4 Å². The molecule has 0 atom stereocenters. The van der Waals surface area contributed by atoms with Crippen LogP contribution in [0.15, 0.2) is 0 Å². The molecule has 0 heterocycles. The van der Waals surface area contributed by atoms with E-state index < -0.39 is 19.8 Å². The van der Waals surface area contributed by atoms with Gasteiger partial charge >= 0.3 is 50.2 Å². The van der Waals surface area contributed by atoms with Crippen molar-refractivity contribution in [3.05, 3.63) is 0 Å². The van der Waals surface area contributed by atoms with Crippen LogP contribution < -0.4 is 0 Å². The van der Waals surface area contributed by atoms with Crippen molar-refractivity contribution in [1.82, 2.24) is 0 Å². The van der Waals surface area contributed by atoms with Crippen LogP contribution in [0.2, 0.25) is 0 Å². The molecule has 0 fully saturated rings. The Morgan fingerprint density at radius 2 is 1.40 bits per heavy atom. The van der Waals surface area contributed by atoms with Crippen molar-refractivity contribution >= 4 is 13.4 Å². The Labute approximate surface area is 51.4 Å². The molecule has 0 aliphatic rings. The molecule has 0 aromatic rings. The zero-order valence-corrected chi connectivity index (χ0v) is 5.10. The van der Waals surface area contributed by atoms with Gasteiger partial charge in [-0.05, 0) is 0 Å². The van der Waals surface area contributed by atoms with E-state index in [1.54, 1.807) is 0 Å². The third-order valence-corrected chi connectivity index (χ3v) is 1.38. The van der Waals surface area contributed by atoms with Crippen LogP contribution in [0, 0.1) is 0 Å². The molecule has 0 bridgehead atoms. The van der Waals surface area contributed by atoms with Crippen LogP contribution in [0.3, 0.4) is 0 Å². The zero-order valence-electron chi connectivity index (χ0n) is 4.20. The van der Waals surface area contributed by atoms with Gasteiger partial charge in [0, 0.05) is 0 Å². The molecule has 0 N–H and O–H groups in total. The van der Waals surface area contributed by atoms with Crippen molar-refractivity contribution < 1.29 is 30.4 Å². The molecule has 0 radical (unpaired) electrons. The Balaban J connectivity index is 4.53. The average Bonchev–Trinajstić information content (AvgIpc) is 1.59. The van der Waals surface area contributed by atoms with Crippen LogP contribution in [-0.4, -0.2) is 11.9 Å². The molecule has 0 rings (SSSR count). The van der Waals surface area contributed by atoms with Crippen molar-refractivity contribution in [3.63, 3.8) is 0 Å². The van der Waals surface area contributed by atoms with Gasteiger partial charge in [0.2, 0.25) is 0 Å². The van der Waals surface area contributed by atoms with Gasteiger partial charge < -0.3 is 0 Å². The van der Waals surface area contributed by atoms with Gasteiger partial charge in [-0.15, -0.1) is 0 Å². The standard InChI is InChI=1S/C2HF6OP/c3-1(4)2(9)10(5,6,7)8/h1H. The van der Waals surface area contributed by atoms with Gasteiger partial charge in [0.1, 0.15) is 0 Å². The molecule has 0 aromatic heterocycles. The Kier molecular flexibility index (Phi) is 2.02. The normalized spacial score (nSPS) is 16.5. The summed E-state index contributed by atoms with van der Waals surface area (Å²) in [6.45, 7) is 0. The summed E-state index contributed by atoms with van der Waals surface area (Å²) in [6.07, 6.45) is -4.30. The number of hydrogen-bond donors (Lipinski definition) is 0. The van der Waals surface area contributed by atoms with E-state index in [0.717, 1.165) is 0 Å². The summed E-state index contributed by atoms with van der Waals surface area (Å²) in [7, 11) is -8.67. The molecule has 0 unspecified atom stereocenters. The summed E-state index contributed by atoms with van der Waals surface area (Å²) in [5.41, 5.74) is -3.55. The second-order valence-corrected chi connectivity index (χ2v) is 3.24. The van der Waals surface area contributed by atoms with Gasteiger partial charge in [0.05, 0.1) is 0 Å². The van der Waals surface area contributed by atoms with Gasteiger partial charge in [0.25, 0.3) is 0 Å². The summed E-state index contributed by atoms with van der Waals surface area (Å²) < 4.78 is 65.9. The SMILES string of the molecule is O=C(C(F)F)P(F)(F)(F)F. The van der Waals surface area contributed by atoms with Crippen LogP contribution in [0.25, 0.3) is 0 Å². The van der Waals surface area contributed by atoms with Gasteiger partial charge in [-0.3, -0.25) is 0 Å². The number of halogens is 6. The summed E-state index contributed by atoms with van der Waals surface area (Å²) in [4.78, 5) is 9.29. The van der Waals surface area contributed by atoms with Crippen LogP contribution in [0.5, 0.6) is 0 Å². The Morgan fingerprint density at radius 3 is 1.40 bits per heavy atom. The second-order valence-electron chi connectivity index (χ2n) is 1.36. The molecule has 1 nitrogen and oxygen atoms in total. The fraction of sp³-hybridized carbons (Fsp3) is 0.500. The number of hydrogen-bond acceptors (Lipinski definition) is 1. The third kappa shape index (κ3) is 2.51. The van der Waals surface area contributed by atoms with Gasteiger partial charge in [-0.2, -0.15) is 0 Å². The van der Waals surface area contributed by atoms with Crippen LogP contribution in [0.4, 0.5) is 25.6 Å². The molecule has 0 aliphatic carbocycles. The van der Waals surface area contributed by atoms with Crippen molar-refractivity contribution in [3.8, 4) is 0 Å². The maximum atomic E-state index is 11.0. The van der Waals surface area contributed by atoms with E-state index in [1.807, 2.05) is 0 Å². The molecule has 0 saturated carbocycles. The maximum absolute atomic E-state index is 11.0. The Bertz CT molecular complexity index is 148. The van der Waals surface area contributed by atoms with Gasteiger partial charge in [-0.1, -0.05) is 0 Å². The number of alkyl halides is 2. The summed E-state index contributed by atoms with van der Waals surface area (Å²) in [6, 6.07) is 0. The van der Waals surface area contributed by atoms with Crippen LogP contribution in [-0.2, 0) is 4.79 Å². The van der Waals surface area contributed by atoms with E-state index in [4.69, 9.17) is 0 Å². The number of carbonyl (C=O) groups excluding carboxylic acids is 1. The first-order chi connectivity index (χ1) is 4.11. The predicted octanol–water partition coefficient (Wildman–Crippen LogP) is 2.87. The first-order valence-electron chi connectivity index (χ1n) is 1.83. The first kappa shape index (κ1) is 9.68. The zero-order chi connectivity index (χ0) is 8.60.